The first-order chi connectivity index (χ1) is 9.04. The van der Waals surface area contributed by atoms with Crippen molar-refractivity contribution in [2.45, 2.75) is 26.8 Å². The molecule has 2 rings (SSSR count). The Morgan fingerprint density at radius 2 is 2.11 bits per heavy atom. The second-order valence-electron chi connectivity index (χ2n) is 4.55. The summed E-state index contributed by atoms with van der Waals surface area (Å²) in [5.41, 5.74) is 2.06. The van der Waals surface area contributed by atoms with Crippen LogP contribution in [-0.2, 0) is 4.79 Å². The van der Waals surface area contributed by atoms with Crippen molar-refractivity contribution in [3.8, 4) is 0 Å². The van der Waals surface area contributed by atoms with Gasteiger partial charge in [0.25, 0.3) is 0 Å². The lowest BCUT2D eigenvalue weighted by Gasteiger charge is -2.14. The summed E-state index contributed by atoms with van der Waals surface area (Å²) in [7, 11) is 0. The predicted octanol–water partition coefficient (Wildman–Crippen LogP) is 2.73. The van der Waals surface area contributed by atoms with Gasteiger partial charge in [-0.15, -0.1) is 0 Å². The number of aromatic nitrogens is 1. The number of rotatable bonds is 4. The minimum absolute atomic E-state index is 0.158. The molecule has 1 atom stereocenters. The third-order valence-electron chi connectivity index (χ3n) is 2.67. The molecule has 1 aromatic heterocycles. The molecule has 5 nitrogen and oxygen atoms in total. The quantitative estimate of drug-likeness (QED) is 0.886. The smallest absolute Gasteiger partial charge is 0.247 e. The summed E-state index contributed by atoms with van der Waals surface area (Å²) in [6.07, 6.45) is 0. The van der Waals surface area contributed by atoms with Crippen LogP contribution in [0.3, 0.4) is 0 Å². The molecule has 0 saturated heterocycles. The SMILES string of the molecule is Cc1cccc(N[C@@H](C)C(=O)Nc2cc(C)on2)c1. The van der Waals surface area contributed by atoms with Crippen LogP contribution in [0.25, 0.3) is 0 Å². The molecule has 0 radical (unpaired) electrons. The topological polar surface area (TPSA) is 67.2 Å². The summed E-state index contributed by atoms with van der Waals surface area (Å²) in [5.74, 6) is 0.935. The molecule has 2 aromatic rings. The van der Waals surface area contributed by atoms with E-state index in [1.54, 1.807) is 19.9 Å². The monoisotopic (exact) mass is 259 g/mol. The molecule has 1 amide bonds. The number of carbonyl (C=O) groups excluding carboxylic acids is 1. The van der Waals surface area contributed by atoms with Crippen molar-refractivity contribution in [1.82, 2.24) is 5.16 Å². The van der Waals surface area contributed by atoms with Crippen molar-refractivity contribution in [2.75, 3.05) is 10.6 Å². The van der Waals surface area contributed by atoms with E-state index in [4.69, 9.17) is 4.52 Å². The van der Waals surface area contributed by atoms with Crippen LogP contribution < -0.4 is 10.6 Å². The molecule has 0 aliphatic heterocycles. The Bertz CT molecular complexity index is 578. The maximum absolute atomic E-state index is 12.0. The van der Waals surface area contributed by atoms with E-state index in [-0.39, 0.29) is 11.9 Å². The van der Waals surface area contributed by atoms with E-state index in [1.165, 1.54) is 0 Å². The van der Waals surface area contributed by atoms with Gasteiger partial charge in [0.05, 0.1) is 0 Å². The lowest BCUT2D eigenvalue weighted by molar-refractivity contribution is -0.116. The van der Waals surface area contributed by atoms with Gasteiger partial charge in [0.1, 0.15) is 11.8 Å². The van der Waals surface area contributed by atoms with Crippen molar-refractivity contribution in [3.05, 3.63) is 41.7 Å². The summed E-state index contributed by atoms with van der Waals surface area (Å²) >= 11 is 0. The van der Waals surface area contributed by atoms with Gasteiger partial charge in [-0.25, -0.2) is 0 Å². The summed E-state index contributed by atoms with van der Waals surface area (Å²) in [6.45, 7) is 5.58. The number of anilines is 2. The summed E-state index contributed by atoms with van der Waals surface area (Å²) < 4.78 is 4.89. The predicted molar refractivity (Wildman–Crippen MR) is 74.1 cm³/mol. The van der Waals surface area contributed by atoms with Crippen LogP contribution in [-0.4, -0.2) is 17.1 Å². The van der Waals surface area contributed by atoms with Crippen LogP contribution in [0, 0.1) is 13.8 Å². The van der Waals surface area contributed by atoms with Crippen molar-refractivity contribution in [2.24, 2.45) is 0 Å². The second kappa shape index (κ2) is 5.56. The first-order valence-corrected chi connectivity index (χ1v) is 6.12. The molecule has 0 spiro atoms. The van der Waals surface area contributed by atoms with Gasteiger partial charge in [-0.1, -0.05) is 17.3 Å². The highest BCUT2D eigenvalue weighted by molar-refractivity contribution is 5.95. The van der Waals surface area contributed by atoms with E-state index in [9.17, 15) is 4.79 Å². The molecular weight excluding hydrogens is 242 g/mol. The standard InChI is InChI=1S/C14H17N3O2/c1-9-5-4-6-12(7-9)15-11(3)14(18)16-13-8-10(2)19-17-13/h4-8,11,15H,1-3H3,(H,16,17,18)/t11-/m0/s1. The Morgan fingerprint density at radius 1 is 1.32 bits per heavy atom. The van der Waals surface area contributed by atoms with Crippen molar-refractivity contribution >= 4 is 17.4 Å². The number of aryl methyl sites for hydroxylation is 2. The van der Waals surface area contributed by atoms with E-state index < -0.39 is 0 Å². The average Bonchev–Trinajstić information content (AvgIpc) is 2.74. The van der Waals surface area contributed by atoms with Crippen LogP contribution in [0.4, 0.5) is 11.5 Å². The molecule has 0 saturated carbocycles. The number of hydrogen-bond donors (Lipinski definition) is 2. The maximum Gasteiger partial charge on any atom is 0.247 e. The molecule has 0 unspecified atom stereocenters. The molecule has 5 heteroatoms. The normalized spacial score (nSPS) is 11.9. The number of benzene rings is 1. The van der Waals surface area contributed by atoms with E-state index in [0.29, 0.717) is 11.6 Å². The van der Waals surface area contributed by atoms with E-state index in [0.717, 1.165) is 11.3 Å². The fraction of sp³-hybridized carbons (Fsp3) is 0.286. The molecule has 1 aromatic carbocycles. The first-order valence-electron chi connectivity index (χ1n) is 6.12. The van der Waals surface area contributed by atoms with Gasteiger partial charge in [-0.2, -0.15) is 0 Å². The van der Waals surface area contributed by atoms with Crippen LogP contribution in [0.2, 0.25) is 0 Å². The van der Waals surface area contributed by atoms with Crippen molar-refractivity contribution in [3.63, 3.8) is 0 Å². The van der Waals surface area contributed by atoms with E-state index in [1.807, 2.05) is 31.2 Å². The Balaban J connectivity index is 1.96. The number of amides is 1. The lowest BCUT2D eigenvalue weighted by Crippen LogP contribution is -2.31. The summed E-state index contributed by atoms with van der Waals surface area (Å²) in [4.78, 5) is 12.0. The molecule has 0 aliphatic carbocycles. The average molecular weight is 259 g/mol. The van der Waals surface area contributed by atoms with Crippen molar-refractivity contribution < 1.29 is 9.32 Å². The molecule has 2 N–H and O–H groups in total. The number of carbonyl (C=O) groups is 1. The Labute approximate surface area is 112 Å². The Kier molecular flexibility index (Phi) is 3.85. The Morgan fingerprint density at radius 3 is 2.74 bits per heavy atom. The highest BCUT2D eigenvalue weighted by atomic mass is 16.5. The number of nitrogens with zero attached hydrogens (tertiary/aromatic N) is 1. The summed E-state index contributed by atoms with van der Waals surface area (Å²) in [5, 5.41) is 9.55. The van der Waals surface area contributed by atoms with Crippen LogP contribution in [0.15, 0.2) is 34.9 Å². The van der Waals surface area contributed by atoms with Gasteiger partial charge in [0, 0.05) is 11.8 Å². The largest absolute Gasteiger partial charge is 0.374 e. The molecule has 0 fully saturated rings. The van der Waals surface area contributed by atoms with Gasteiger partial charge in [-0.05, 0) is 38.5 Å². The second-order valence-corrected chi connectivity index (χ2v) is 4.55. The molecular formula is C14H17N3O2. The molecule has 100 valence electrons. The minimum atomic E-state index is -0.362. The highest BCUT2D eigenvalue weighted by Crippen LogP contribution is 2.12. The third-order valence-corrected chi connectivity index (χ3v) is 2.67. The lowest BCUT2D eigenvalue weighted by atomic mass is 10.2. The zero-order chi connectivity index (χ0) is 13.8. The number of nitrogens with one attached hydrogen (secondary N) is 2. The summed E-state index contributed by atoms with van der Waals surface area (Å²) in [6, 6.07) is 9.19. The zero-order valence-corrected chi connectivity index (χ0v) is 11.2. The third kappa shape index (κ3) is 3.58. The van der Waals surface area contributed by atoms with E-state index in [2.05, 4.69) is 15.8 Å². The first kappa shape index (κ1) is 13.1. The minimum Gasteiger partial charge on any atom is -0.374 e. The van der Waals surface area contributed by atoms with Gasteiger partial charge in [0.2, 0.25) is 5.91 Å². The van der Waals surface area contributed by atoms with Gasteiger partial charge < -0.3 is 15.2 Å². The molecule has 0 bridgehead atoms. The highest BCUT2D eigenvalue weighted by Gasteiger charge is 2.14. The fourth-order valence-electron chi connectivity index (χ4n) is 1.71. The van der Waals surface area contributed by atoms with Crippen LogP contribution in [0.1, 0.15) is 18.2 Å². The van der Waals surface area contributed by atoms with E-state index >= 15 is 0 Å². The van der Waals surface area contributed by atoms with Gasteiger partial charge >= 0.3 is 0 Å². The van der Waals surface area contributed by atoms with Crippen LogP contribution in [0.5, 0.6) is 0 Å². The van der Waals surface area contributed by atoms with Crippen LogP contribution >= 0.6 is 0 Å². The maximum atomic E-state index is 12.0. The van der Waals surface area contributed by atoms with Gasteiger partial charge in [0.15, 0.2) is 5.82 Å². The fourth-order valence-corrected chi connectivity index (χ4v) is 1.71. The molecule has 0 aliphatic rings. The molecule has 19 heavy (non-hydrogen) atoms. The van der Waals surface area contributed by atoms with Gasteiger partial charge in [-0.3, -0.25) is 4.79 Å². The Hall–Kier alpha value is -2.30. The molecule has 1 heterocycles. The van der Waals surface area contributed by atoms with Crippen molar-refractivity contribution in [1.29, 1.82) is 0 Å². The number of hydrogen-bond acceptors (Lipinski definition) is 4. The zero-order valence-electron chi connectivity index (χ0n) is 11.2.